The van der Waals surface area contributed by atoms with Crippen molar-refractivity contribution < 1.29 is 32.3 Å². The number of nitrogens with one attached hydrogen (secondary N) is 1. The Morgan fingerprint density at radius 3 is 2.44 bits per heavy atom. The summed E-state index contributed by atoms with van der Waals surface area (Å²) < 4.78 is 35.4. The highest BCUT2D eigenvalue weighted by Crippen LogP contribution is 2.42. The lowest BCUT2D eigenvalue weighted by molar-refractivity contribution is -0.114. The van der Waals surface area contributed by atoms with Gasteiger partial charge in [0.1, 0.15) is 9.84 Å². The van der Waals surface area contributed by atoms with Crippen molar-refractivity contribution in [3.63, 3.8) is 0 Å². The van der Waals surface area contributed by atoms with Crippen molar-refractivity contribution in [1.29, 1.82) is 0 Å². The van der Waals surface area contributed by atoms with Crippen molar-refractivity contribution in [2.45, 2.75) is 19.8 Å². The first-order chi connectivity index (χ1) is 15.1. The lowest BCUT2D eigenvalue weighted by Gasteiger charge is -2.22. The minimum Gasteiger partial charge on any atom is -0.493 e. The van der Waals surface area contributed by atoms with Crippen LogP contribution in [0.25, 0.3) is 0 Å². The van der Waals surface area contributed by atoms with E-state index in [1.54, 1.807) is 37.3 Å². The van der Waals surface area contributed by atoms with Crippen LogP contribution in [-0.4, -0.2) is 51.6 Å². The SMILES string of the molecule is CCOc1cc([C@@H](CS(C)(=O)=O)C2C(=O)c3cccc(NC(C)=O)c3C2=O)ccc1OC. The summed E-state index contributed by atoms with van der Waals surface area (Å²) in [7, 11) is -2.08. The zero-order valence-corrected chi connectivity index (χ0v) is 19.1. The Balaban J connectivity index is 2.13. The molecule has 1 amide bonds. The molecule has 2 aromatic rings. The fraction of sp³-hybridized carbons (Fsp3) is 0.348. The number of hydrogen-bond acceptors (Lipinski definition) is 7. The summed E-state index contributed by atoms with van der Waals surface area (Å²) in [5, 5.41) is 2.58. The maximum absolute atomic E-state index is 13.4. The number of ketones is 2. The van der Waals surface area contributed by atoms with E-state index in [4.69, 9.17) is 9.47 Å². The van der Waals surface area contributed by atoms with Gasteiger partial charge in [0.05, 0.1) is 36.6 Å². The average Bonchev–Trinajstić information content (AvgIpc) is 2.96. The van der Waals surface area contributed by atoms with E-state index >= 15 is 0 Å². The summed E-state index contributed by atoms with van der Waals surface area (Å²) in [5.41, 5.74) is 0.983. The summed E-state index contributed by atoms with van der Waals surface area (Å²) in [6.45, 7) is 3.45. The van der Waals surface area contributed by atoms with Crippen molar-refractivity contribution >= 4 is 33.0 Å². The average molecular weight is 460 g/mol. The molecule has 1 aliphatic carbocycles. The van der Waals surface area contributed by atoms with E-state index in [1.807, 2.05) is 0 Å². The molecule has 0 spiro atoms. The smallest absolute Gasteiger partial charge is 0.221 e. The number of sulfone groups is 1. The molecule has 2 aromatic carbocycles. The Labute approximate surface area is 186 Å². The number of hydrogen-bond donors (Lipinski definition) is 1. The van der Waals surface area contributed by atoms with Crippen LogP contribution in [0, 0.1) is 5.92 Å². The highest BCUT2D eigenvalue weighted by Gasteiger charge is 2.46. The van der Waals surface area contributed by atoms with Gasteiger partial charge in [0.25, 0.3) is 0 Å². The van der Waals surface area contributed by atoms with E-state index < -0.39 is 39.0 Å². The second-order valence-electron chi connectivity index (χ2n) is 7.66. The Bertz CT molecular complexity index is 1190. The van der Waals surface area contributed by atoms with Gasteiger partial charge in [-0.2, -0.15) is 0 Å². The first kappa shape index (κ1) is 23.5. The third-order valence-electron chi connectivity index (χ3n) is 5.25. The second-order valence-corrected chi connectivity index (χ2v) is 9.84. The Hall–Kier alpha value is -3.20. The minimum atomic E-state index is -3.56. The number of benzene rings is 2. The van der Waals surface area contributed by atoms with Gasteiger partial charge >= 0.3 is 0 Å². The molecule has 0 bridgehead atoms. The lowest BCUT2D eigenvalue weighted by Crippen LogP contribution is -2.29. The number of carbonyl (C=O) groups excluding carboxylic acids is 3. The number of carbonyl (C=O) groups is 3. The minimum absolute atomic E-state index is 0.106. The molecule has 0 radical (unpaired) electrons. The third-order valence-corrected chi connectivity index (χ3v) is 6.22. The van der Waals surface area contributed by atoms with Crippen LogP contribution in [0.4, 0.5) is 5.69 Å². The topological polar surface area (TPSA) is 116 Å². The predicted molar refractivity (Wildman–Crippen MR) is 120 cm³/mol. The van der Waals surface area contributed by atoms with Crippen LogP contribution in [-0.2, 0) is 14.6 Å². The summed E-state index contributed by atoms with van der Waals surface area (Å²) in [4.78, 5) is 38.3. The van der Waals surface area contributed by atoms with E-state index in [1.165, 1.54) is 20.1 Å². The van der Waals surface area contributed by atoms with E-state index in [0.29, 0.717) is 23.7 Å². The number of anilines is 1. The van der Waals surface area contributed by atoms with Gasteiger partial charge in [0.2, 0.25) is 5.91 Å². The third kappa shape index (κ3) is 4.67. The lowest BCUT2D eigenvalue weighted by atomic mass is 9.84. The van der Waals surface area contributed by atoms with Crippen molar-refractivity contribution in [2.24, 2.45) is 5.92 Å². The van der Waals surface area contributed by atoms with Crippen molar-refractivity contribution in [1.82, 2.24) is 0 Å². The van der Waals surface area contributed by atoms with Crippen molar-refractivity contribution in [3.8, 4) is 11.5 Å². The molecular weight excluding hydrogens is 434 g/mol. The van der Waals surface area contributed by atoms with Gasteiger partial charge in [-0.1, -0.05) is 18.2 Å². The molecule has 9 heteroatoms. The highest BCUT2D eigenvalue weighted by molar-refractivity contribution is 7.90. The number of fused-ring (bicyclic) bond motifs is 1. The maximum atomic E-state index is 13.4. The van der Waals surface area contributed by atoms with E-state index in [-0.39, 0.29) is 22.7 Å². The van der Waals surface area contributed by atoms with Crippen molar-refractivity contribution in [3.05, 3.63) is 53.1 Å². The molecular formula is C23H25NO7S. The molecule has 1 aliphatic rings. The first-order valence-corrected chi connectivity index (χ1v) is 12.1. The number of amides is 1. The number of ether oxygens (including phenoxy) is 2. The highest BCUT2D eigenvalue weighted by atomic mass is 32.2. The van der Waals surface area contributed by atoms with Gasteiger partial charge in [-0.15, -0.1) is 0 Å². The van der Waals surface area contributed by atoms with Crippen LogP contribution in [0.5, 0.6) is 11.5 Å². The fourth-order valence-corrected chi connectivity index (χ4v) is 5.07. The summed E-state index contributed by atoms with van der Waals surface area (Å²) in [6, 6.07) is 9.49. The van der Waals surface area contributed by atoms with Gasteiger partial charge in [-0.25, -0.2) is 8.42 Å². The summed E-state index contributed by atoms with van der Waals surface area (Å²) in [5.74, 6) is -3.11. The number of rotatable bonds is 8. The first-order valence-electron chi connectivity index (χ1n) is 10.0. The van der Waals surface area contributed by atoms with Crippen LogP contribution < -0.4 is 14.8 Å². The molecule has 0 saturated heterocycles. The summed E-state index contributed by atoms with van der Waals surface area (Å²) >= 11 is 0. The summed E-state index contributed by atoms with van der Waals surface area (Å²) in [6.07, 6.45) is 1.06. The monoisotopic (exact) mass is 459 g/mol. The van der Waals surface area contributed by atoms with E-state index in [0.717, 1.165) is 6.26 Å². The van der Waals surface area contributed by atoms with Gasteiger partial charge < -0.3 is 14.8 Å². The Morgan fingerprint density at radius 1 is 1.12 bits per heavy atom. The van der Waals surface area contributed by atoms with Gasteiger partial charge in [0.15, 0.2) is 23.1 Å². The van der Waals surface area contributed by atoms with Crippen LogP contribution in [0.2, 0.25) is 0 Å². The molecule has 170 valence electrons. The molecule has 0 aliphatic heterocycles. The predicted octanol–water partition coefficient (Wildman–Crippen LogP) is 2.88. The molecule has 0 saturated carbocycles. The largest absolute Gasteiger partial charge is 0.493 e. The second kappa shape index (κ2) is 9.12. The van der Waals surface area contributed by atoms with Crippen LogP contribution in [0.3, 0.4) is 0 Å². The van der Waals surface area contributed by atoms with E-state index in [9.17, 15) is 22.8 Å². The standard InChI is InChI=1S/C23H25NO7S/c1-5-31-19-11-14(9-10-18(19)30-3)16(12-32(4,28)29)21-22(26)15-7-6-8-17(24-13(2)25)20(15)23(21)27/h6-11,16,21H,5,12H2,1-4H3,(H,24,25)/t16-,21?/m1/s1. The number of methoxy groups -OCH3 is 1. The normalized spacial score (nSPS) is 16.4. The molecule has 3 rings (SSSR count). The quantitative estimate of drug-likeness (QED) is 0.604. The number of Topliss-reactive ketones (excluding diaryl/α,β-unsaturated/α-hetero) is 2. The van der Waals surface area contributed by atoms with Gasteiger partial charge in [0, 0.05) is 24.7 Å². The molecule has 32 heavy (non-hydrogen) atoms. The molecule has 0 heterocycles. The van der Waals surface area contributed by atoms with Crippen LogP contribution in [0.1, 0.15) is 46.0 Å². The molecule has 1 N–H and O–H groups in total. The van der Waals surface area contributed by atoms with Gasteiger partial charge in [-0.05, 0) is 30.7 Å². The van der Waals surface area contributed by atoms with Crippen LogP contribution in [0.15, 0.2) is 36.4 Å². The van der Waals surface area contributed by atoms with Gasteiger partial charge in [-0.3, -0.25) is 14.4 Å². The molecule has 1 unspecified atom stereocenters. The molecule has 2 atom stereocenters. The Kier molecular flexibility index (Phi) is 6.68. The molecule has 8 nitrogen and oxygen atoms in total. The van der Waals surface area contributed by atoms with Crippen LogP contribution >= 0.6 is 0 Å². The van der Waals surface area contributed by atoms with E-state index in [2.05, 4.69) is 5.32 Å². The fourth-order valence-electron chi connectivity index (χ4n) is 4.03. The molecule has 0 aromatic heterocycles. The zero-order valence-electron chi connectivity index (χ0n) is 18.3. The zero-order chi connectivity index (χ0) is 23.6. The Morgan fingerprint density at radius 2 is 1.84 bits per heavy atom. The maximum Gasteiger partial charge on any atom is 0.221 e. The van der Waals surface area contributed by atoms with Crippen molar-refractivity contribution in [2.75, 3.05) is 31.0 Å². The molecule has 0 fully saturated rings.